The van der Waals surface area contributed by atoms with E-state index >= 15 is 0 Å². The third kappa shape index (κ3) is 2.95. The average molecular weight is 236 g/mol. The zero-order chi connectivity index (χ0) is 11.3. The molecule has 2 nitrogen and oxygen atoms in total. The standard InChI is InChI=1S/C11H12N2S2/c1-14-8-3-4-9(10(13)5-6-12)11(7-8)15-2/h3-5,7H,13H2,1-2H3. The molecule has 1 rings (SSSR count). The number of thioether (sulfide) groups is 2. The number of hydrogen-bond acceptors (Lipinski definition) is 4. The minimum Gasteiger partial charge on any atom is -0.398 e. The number of benzene rings is 1. The maximum absolute atomic E-state index is 8.55. The van der Waals surface area contributed by atoms with E-state index in [4.69, 9.17) is 11.0 Å². The third-order valence-electron chi connectivity index (χ3n) is 1.94. The zero-order valence-corrected chi connectivity index (χ0v) is 10.3. The van der Waals surface area contributed by atoms with Crippen LogP contribution in [0.2, 0.25) is 0 Å². The summed E-state index contributed by atoms with van der Waals surface area (Å²) in [6.07, 6.45) is 5.41. The van der Waals surface area contributed by atoms with Crippen molar-refractivity contribution in [2.45, 2.75) is 9.79 Å². The Balaban J connectivity index is 3.20. The van der Waals surface area contributed by atoms with Crippen LogP contribution in [0.1, 0.15) is 5.56 Å². The van der Waals surface area contributed by atoms with E-state index in [0.717, 1.165) is 10.5 Å². The molecule has 15 heavy (non-hydrogen) atoms. The van der Waals surface area contributed by atoms with Crippen molar-refractivity contribution in [1.29, 1.82) is 5.26 Å². The molecule has 0 aliphatic carbocycles. The maximum atomic E-state index is 8.55. The molecule has 0 radical (unpaired) electrons. The Morgan fingerprint density at radius 2 is 2.13 bits per heavy atom. The monoisotopic (exact) mass is 236 g/mol. The summed E-state index contributed by atoms with van der Waals surface area (Å²) >= 11 is 3.33. The highest BCUT2D eigenvalue weighted by molar-refractivity contribution is 7.99. The molecule has 0 heterocycles. The summed E-state index contributed by atoms with van der Waals surface area (Å²) in [6, 6.07) is 8.00. The van der Waals surface area contributed by atoms with Gasteiger partial charge in [0.25, 0.3) is 0 Å². The van der Waals surface area contributed by atoms with Crippen LogP contribution in [-0.4, -0.2) is 12.5 Å². The van der Waals surface area contributed by atoms with Gasteiger partial charge in [0, 0.05) is 21.4 Å². The molecular weight excluding hydrogens is 224 g/mol. The lowest BCUT2D eigenvalue weighted by atomic mass is 10.1. The van der Waals surface area contributed by atoms with E-state index in [1.807, 2.05) is 30.7 Å². The maximum Gasteiger partial charge on any atom is 0.0933 e. The molecule has 4 heteroatoms. The topological polar surface area (TPSA) is 49.8 Å². The van der Waals surface area contributed by atoms with Gasteiger partial charge in [0.05, 0.1) is 11.8 Å². The fourth-order valence-electron chi connectivity index (χ4n) is 1.18. The largest absolute Gasteiger partial charge is 0.398 e. The first-order chi connectivity index (χ1) is 7.22. The van der Waals surface area contributed by atoms with Gasteiger partial charge in [-0.1, -0.05) is 6.07 Å². The lowest BCUT2D eigenvalue weighted by Gasteiger charge is -2.08. The molecule has 0 aromatic heterocycles. The van der Waals surface area contributed by atoms with E-state index in [-0.39, 0.29) is 0 Å². The van der Waals surface area contributed by atoms with Crippen LogP contribution in [-0.2, 0) is 0 Å². The summed E-state index contributed by atoms with van der Waals surface area (Å²) in [5, 5.41) is 8.55. The van der Waals surface area contributed by atoms with Gasteiger partial charge < -0.3 is 5.73 Å². The lowest BCUT2D eigenvalue weighted by Crippen LogP contribution is -1.97. The molecular formula is C11H12N2S2. The van der Waals surface area contributed by atoms with Crippen molar-refractivity contribution in [3.63, 3.8) is 0 Å². The number of nitrogens with zero attached hydrogens (tertiary/aromatic N) is 1. The van der Waals surface area contributed by atoms with E-state index < -0.39 is 0 Å². The molecule has 0 spiro atoms. The van der Waals surface area contributed by atoms with Crippen LogP contribution in [0.15, 0.2) is 34.1 Å². The number of nitrogens with two attached hydrogens (primary N) is 1. The van der Waals surface area contributed by atoms with Gasteiger partial charge in [0.1, 0.15) is 0 Å². The lowest BCUT2D eigenvalue weighted by molar-refractivity contribution is 1.28. The van der Waals surface area contributed by atoms with Crippen molar-refractivity contribution >= 4 is 29.2 Å². The van der Waals surface area contributed by atoms with Gasteiger partial charge in [-0.25, -0.2) is 0 Å². The van der Waals surface area contributed by atoms with E-state index in [1.165, 1.54) is 11.0 Å². The Morgan fingerprint density at radius 1 is 1.40 bits per heavy atom. The van der Waals surface area contributed by atoms with Crippen LogP contribution >= 0.6 is 23.5 Å². The summed E-state index contributed by atoms with van der Waals surface area (Å²) in [5.41, 5.74) is 7.25. The summed E-state index contributed by atoms with van der Waals surface area (Å²) in [4.78, 5) is 2.30. The highest BCUT2D eigenvalue weighted by Gasteiger charge is 2.05. The second-order valence-electron chi connectivity index (χ2n) is 2.79. The fourth-order valence-corrected chi connectivity index (χ4v) is 2.35. The predicted molar refractivity (Wildman–Crippen MR) is 67.8 cm³/mol. The van der Waals surface area contributed by atoms with Crippen LogP contribution < -0.4 is 5.73 Å². The first-order valence-corrected chi connectivity index (χ1v) is 6.75. The minimum absolute atomic E-state index is 0.523. The van der Waals surface area contributed by atoms with E-state index in [1.54, 1.807) is 23.5 Å². The normalized spacial score (nSPS) is 11.1. The molecule has 0 saturated heterocycles. The Morgan fingerprint density at radius 3 is 2.67 bits per heavy atom. The van der Waals surface area contributed by atoms with E-state index in [9.17, 15) is 0 Å². The molecule has 0 fully saturated rings. The van der Waals surface area contributed by atoms with Crippen molar-refractivity contribution in [2.75, 3.05) is 12.5 Å². The summed E-state index contributed by atoms with van der Waals surface area (Å²) in [6.45, 7) is 0. The molecule has 1 aromatic carbocycles. The summed E-state index contributed by atoms with van der Waals surface area (Å²) < 4.78 is 0. The van der Waals surface area contributed by atoms with Crippen molar-refractivity contribution in [3.05, 3.63) is 29.8 Å². The SMILES string of the molecule is CSc1ccc(C(N)=CC#N)c(SC)c1. The van der Waals surface area contributed by atoms with Gasteiger partial charge in [-0.2, -0.15) is 5.26 Å². The first-order valence-electron chi connectivity index (χ1n) is 4.30. The summed E-state index contributed by atoms with van der Waals surface area (Å²) in [5.74, 6) is 0. The summed E-state index contributed by atoms with van der Waals surface area (Å²) in [7, 11) is 0. The second kappa shape index (κ2) is 5.74. The zero-order valence-electron chi connectivity index (χ0n) is 8.65. The fraction of sp³-hybridized carbons (Fsp3) is 0.182. The predicted octanol–water partition coefficient (Wildman–Crippen LogP) is 2.95. The third-order valence-corrected chi connectivity index (χ3v) is 3.44. The Hall–Kier alpha value is -1.05. The first kappa shape index (κ1) is 12.0. The smallest absolute Gasteiger partial charge is 0.0933 e. The number of nitriles is 1. The molecule has 78 valence electrons. The second-order valence-corrected chi connectivity index (χ2v) is 4.52. The molecule has 1 aromatic rings. The van der Waals surface area contributed by atoms with Gasteiger partial charge in [-0.15, -0.1) is 23.5 Å². The molecule has 2 N–H and O–H groups in total. The van der Waals surface area contributed by atoms with Crippen LogP contribution in [0.3, 0.4) is 0 Å². The number of hydrogen-bond donors (Lipinski definition) is 1. The van der Waals surface area contributed by atoms with Crippen molar-refractivity contribution in [3.8, 4) is 6.07 Å². The molecule has 0 bridgehead atoms. The Bertz CT molecular complexity index is 419. The van der Waals surface area contributed by atoms with E-state index in [2.05, 4.69) is 6.07 Å². The van der Waals surface area contributed by atoms with Crippen molar-refractivity contribution < 1.29 is 0 Å². The van der Waals surface area contributed by atoms with Gasteiger partial charge in [-0.3, -0.25) is 0 Å². The minimum atomic E-state index is 0.523. The molecule has 0 aliphatic heterocycles. The van der Waals surface area contributed by atoms with Gasteiger partial charge in [0.15, 0.2) is 0 Å². The molecule has 0 aliphatic rings. The highest BCUT2D eigenvalue weighted by atomic mass is 32.2. The molecule has 0 amide bonds. The van der Waals surface area contributed by atoms with Gasteiger partial charge in [0.2, 0.25) is 0 Å². The Kier molecular flexibility index (Phi) is 4.60. The van der Waals surface area contributed by atoms with Crippen LogP contribution in [0.25, 0.3) is 5.70 Å². The Labute approximate surface area is 98.5 Å². The van der Waals surface area contributed by atoms with Crippen molar-refractivity contribution in [2.24, 2.45) is 5.73 Å². The number of allylic oxidation sites excluding steroid dienone is 1. The van der Waals surface area contributed by atoms with Crippen LogP contribution in [0.4, 0.5) is 0 Å². The van der Waals surface area contributed by atoms with Crippen LogP contribution in [0, 0.1) is 11.3 Å². The average Bonchev–Trinajstić information content (AvgIpc) is 2.28. The van der Waals surface area contributed by atoms with Gasteiger partial charge >= 0.3 is 0 Å². The van der Waals surface area contributed by atoms with Crippen LogP contribution in [0.5, 0.6) is 0 Å². The highest BCUT2D eigenvalue weighted by Crippen LogP contribution is 2.28. The number of rotatable bonds is 3. The molecule has 0 saturated carbocycles. The molecule has 0 unspecified atom stereocenters. The quantitative estimate of drug-likeness (QED) is 0.647. The van der Waals surface area contributed by atoms with Crippen molar-refractivity contribution in [1.82, 2.24) is 0 Å². The van der Waals surface area contributed by atoms with E-state index in [0.29, 0.717) is 5.70 Å². The van der Waals surface area contributed by atoms with Gasteiger partial charge in [-0.05, 0) is 24.6 Å². The molecule has 0 atom stereocenters.